The molecule has 1 amide bonds. The summed E-state index contributed by atoms with van der Waals surface area (Å²) in [4.78, 5) is 10.8. The standard InChI is InChI=1S/C17H25FN2O3S/c1-17(2,3)24(23)20-14(9-6-11-4-5-11)12-7-8-13(18)15(10-12)19-16(21)22/h7-8,10-11,14,19-20H,4-6,9H2,1-3H3,(H,21,22). The topological polar surface area (TPSA) is 78.4 Å². The van der Waals surface area contributed by atoms with Crippen LogP contribution in [0, 0.1) is 11.7 Å². The number of rotatable bonds is 7. The SMILES string of the molecule is CC(C)(C)S(=O)NC(CCC1CC1)c1ccc(F)c(NC(=O)O)c1. The summed E-state index contributed by atoms with van der Waals surface area (Å²) in [5, 5.41) is 10.9. The number of hydrogen-bond acceptors (Lipinski definition) is 2. The molecule has 2 atom stereocenters. The van der Waals surface area contributed by atoms with E-state index in [4.69, 9.17) is 5.11 Å². The van der Waals surface area contributed by atoms with Crippen LogP contribution in [0.3, 0.4) is 0 Å². The molecule has 24 heavy (non-hydrogen) atoms. The van der Waals surface area contributed by atoms with E-state index in [9.17, 15) is 13.4 Å². The average molecular weight is 356 g/mol. The van der Waals surface area contributed by atoms with Crippen molar-refractivity contribution in [1.82, 2.24) is 4.72 Å². The van der Waals surface area contributed by atoms with Gasteiger partial charge in [-0.05, 0) is 57.2 Å². The molecule has 7 heteroatoms. The minimum atomic E-state index is -1.31. The van der Waals surface area contributed by atoms with E-state index >= 15 is 0 Å². The minimum absolute atomic E-state index is 0.0836. The molecule has 0 saturated heterocycles. The Morgan fingerprint density at radius 3 is 2.62 bits per heavy atom. The lowest BCUT2D eigenvalue weighted by Gasteiger charge is -2.25. The number of carbonyl (C=O) groups is 1. The normalized spacial score (nSPS) is 17.3. The van der Waals surface area contributed by atoms with Crippen molar-refractivity contribution < 1.29 is 18.5 Å². The van der Waals surface area contributed by atoms with Crippen LogP contribution in [-0.2, 0) is 11.0 Å². The predicted octanol–water partition coefficient (Wildman–Crippen LogP) is 4.20. The molecule has 134 valence electrons. The van der Waals surface area contributed by atoms with Gasteiger partial charge in [0.2, 0.25) is 0 Å². The molecule has 1 aromatic carbocycles. The van der Waals surface area contributed by atoms with Crippen molar-refractivity contribution in [2.45, 2.75) is 57.2 Å². The third kappa shape index (κ3) is 5.56. The van der Waals surface area contributed by atoms with Gasteiger partial charge in [-0.15, -0.1) is 0 Å². The van der Waals surface area contributed by atoms with Crippen molar-refractivity contribution in [1.29, 1.82) is 0 Å². The molecule has 1 fully saturated rings. The number of nitrogens with one attached hydrogen (secondary N) is 2. The molecule has 0 radical (unpaired) electrons. The molecule has 1 aliphatic rings. The van der Waals surface area contributed by atoms with Gasteiger partial charge in [0.1, 0.15) is 5.82 Å². The highest BCUT2D eigenvalue weighted by molar-refractivity contribution is 7.84. The van der Waals surface area contributed by atoms with Crippen molar-refractivity contribution in [3.05, 3.63) is 29.6 Å². The van der Waals surface area contributed by atoms with E-state index in [-0.39, 0.29) is 11.7 Å². The Balaban J connectivity index is 2.20. The highest BCUT2D eigenvalue weighted by atomic mass is 32.2. The van der Waals surface area contributed by atoms with E-state index in [0.717, 1.165) is 24.3 Å². The Hall–Kier alpha value is -1.47. The fourth-order valence-corrected chi connectivity index (χ4v) is 3.25. The number of amides is 1. The number of halogens is 1. The van der Waals surface area contributed by atoms with Gasteiger partial charge in [-0.3, -0.25) is 5.32 Å². The maximum absolute atomic E-state index is 13.8. The Labute approximate surface area is 144 Å². The lowest BCUT2D eigenvalue weighted by atomic mass is 10.0. The van der Waals surface area contributed by atoms with Crippen molar-refractivity contribution >= 4 is 22.8 Å². The Bertz CT molecular complexity index is 627. The second-order valence-electron chi connectivity index (χ2n) is 7.24. The summed E-state index contributed by atoms with van der Waals surface area (Å²) in [5.41, 5.74) is 0.651. The van der Waals surface area contributed by atoms with Crippen LogP contribution in [0.1, 0.15) is 58.1 Å². The molecule has 2 unspecified atom stereocenters. The van der Waals surface area contributed by atoms with Crippen molar-refractivity contribution in [3.63, 3.8) is 0 Å². The first-order valence-corrected chi connectivity index (χ1v) is 9.29. The van der Waals surface area contributed by atoms with Crippen LogP contribution in [0.5, 0.6) is 0 Å². The Morgan fingerprint density at radius 2 is 2.08 bits per heavy atom. The van der Waals surface area contributed by atoms with E-state index < -0.39 is 27.6 Å². The van der Waals surface area contributed by atoms with Crippen LogP contribution in [0.25, 0.3) is 0 Å². The molecule has 0 aliphatic heterocycles. The summed E-state index contributed by atoms with van der Waals surface area (Å²) >= 11 is 0. The Morgan fingerprint density at radius 1 is 1.42 bits per heavy atom. The molecule has 1 aliphatic carbocycles. The van der Waals surface area contributed by atoms with Crippen LogP contribution in [0.15, 0.2) is 18.2 Å². The first-order valence-electron chi connectivity index (χ1n) is 8.14. The second-order valence-corrected chi connectivity index (χ2v) is 9.24. The average Bonchev–Trinajstić information content (AvgIpc) is 3.28. The van der Waals surface area contributed by atoms with Gasteiger partial charge in [0.15, 0.2) is 0 Å². The van der Waals surface area contributed by atoms with E-state index in [2.05, 4.69) is 10.0 Å². The minimum Gasteiger partial charge on any atom is -0.465 e. The molecule has 0 heterocycles. The summed E-state index contributed by atoms with van der Waals surface area (Å²) < 4.78 is 28.9. The van der Waals surface area contributed by atoms with E-state index in [1.807, 2.05) is 20.8 Å². The van der Waals surface area contributed by atoms with Crippen molar-refractivity contribution in [2.75, 3.05) is 5.32 Å². The van der Waals surface area contributed by atoms with E-state index in [1.54, 1.807) is 6.07 Å². The molecule has 5 nitrogen and oxygen atoms in total. The highest BCUT2D eigenvalue weighted by Gasteiger charge is 2.27. The van der Waals surface area contributed by atoms with Gasteiger partial charge >= 0.3 is 6.09 Å². The maximum Gasteiger partial charge on any atom is 0.409 e. The molecule has 0 spiro atoms. The van der Waals surface area contributed by atoms with Gasteiger partial charge < -0.3 is 5.11 Å². The largest absolute Gasteiger partial charge is 0.465 e. The fourth-order valence-electron chi connectivity index (χ4n) is 2.38. The van der Waals surface area contributed by atoms with Crippen molar-refractivity contribution in [3.8, 4) is 0 Å². The third-order valence-corrected chi connectivity index (χ3v) is 5.61. The monoisotopic (exact) mass is 356 g/mol. The smallest absolute Gasteiger partial charge is 0.409 e. The quantitative estimate of drug-likeness (QED) is 0.685. The third-order valence-electron chi connectivity index (χ3n) is 4.00. The molecular weight excluding hydrogens is 331 g/mol. The van der Waals surface area contributed by atoms with Crippen LogP contribution in [-0.4, -0.2) is 20.2 Å². The molecular formula is C17H25FN2O3S. The molecule has 0 bridgehead atoms. The van der Waals surface area contributed by atoms with Crippen LogP contribution in [0.2, 0.25) is 0 Å². The maximum atomic E-state index is 13.8. The zero-order valence-electron chi connectivity index (χ0n) is 14.3. The number of hydrogen-bond donors (Lipinski definition) is 3. The van der Waals surface area contributed by atoms with Gasteiger partial charge in [0, 0.05) is 6.04 Å². The molecule has 0 aromatic heterocycles. The number of anilines is 1. The van der Waals surface area contributed by atoms with Gasteiger partial charge in [0.25, 0.3) is 0 Å². The van der Waals surface area contributed by atoms with Crippen molar-refractivity contribution in [2.24, 2.45) is 5.92 Å². The van der Waals surface area contributed by atoms with Crippen LogP contribution >= 0.6 is 0 Å². The van der Waals surface area contributed by atoms with Gasteiger partial charge in [-0.2, -0.15) is 0 Å². The lowest BCUT2D eigenvalue weighted by molar-refractivity contribution is 0.209. The van der Waals surface area contributed by atoms with Crippen LogP contribution < -0.4 is 10.0 Å². The van der Waals surface area contributed by atoms with Gasteiger partial charge in [0.05, 0.1) is 21.4 Å². The summed E-state index contributed by atoms with van der Waals surface area (Å²) in [5.74, 6) is 0.0912. The zero-order chi connectivity index (χ0) is 17.9. The fraction of sp³-hybridized carbons (Fsp3) is 0.588. The van der Waals surface area contributed by atoms with E-state index in [1.165, 1.54) is 25.0 Å². The van der Waals surface area contributed by atoms with Gasteiger partial charge in [-0.25, -0.2) is 18.1 Å². The van der Waals surface area contributed by atoms with Crippen LogP contribution in [0.4, 0.5) is 14.9 Å². The first kappa shape index (κ1) is 18.9. The van der Waals surface area contributed by atoms with E-state index in [0.29, 0.717) is 0 Å². The van der Waals surface area contributed by atoms with Gasteiger partial charge in [-0.1, -0.05) is 18.9 Å². The molecule has 1 aromatic rings. The second kappa shape index (κ2) is 7.61. The molecule has 2 rings (SSSR count). The number of benzene rings is 1. The number of carboxylic acid groups (broad SMARTS) is 1. The predicted molar refractivity (Wildman–Crippen MR) is 93.8 cm³/mol. The molecule has 3 N–H and O–H groups in total. The molecule has 1 saturated carbocycles. The summed E-state index contributed by atoms with van der Waals surface area (Å²) in [6.07, 6.45) is 2.93. The highest BCUT2D eigenvalue weighted by Crippen LogP contribution is 2.36. The Kier molecular flexibility index (Phi) is 5.98. The lowest BCUT2D eigenvalue weighted by Crippen LogP contribution is -2.35. The first-order chi connectivity index (χ1) is 11.2. The summed E-state index contributed by atoms with van der Waals surface area (Å²) in [6, 6.07) is 4.13. The summed E-state index contributed by atoms with van der Waals surface area (Å²) in [7, 11) is -1.27. The summed E-state index contributed by atoms with van der Waals surface area (Å²) in [6.45, 7) is 5.66. The zero-order valence-corrected chi connectivity index (χ0v) is 15.1.